The Morgan fingerprint density at radius 1 is 1.12 bits per heavy atom. The molecule has 8 heavy (non-hydrogen) atoms. The van der Waals surface area contributed by atoms with Crippen molar-refractivity contribution in [3.8, 4) is 0 Å². The maximum Gasteiger partial charge on any atom is 0.127 e. The quantitative estimate of drug-likeness (QED) is 0.258. The van der Waals surface area contributed by atoms with Crippen molar-refractivity contribution >= 4 is 0 Å². The van der Waals surface area contributed by atoms with Gasteiger partial charge >= 0.3 is 0 Å². The molecule has 1 aliphatic heterocycles. The van der Waals surface area contributed by atoms with Crippen LogP contribution in [0.4, 0.5) is 0 Å². The zero-order chi connectivity index (χ0) is 6.04. The zero-order valence-electron chi connectivity index (χ0n) is 4.93. The molecule has 1 saturated heterocycles. The number of quaternary nitrogens is 1. The summed E-state index contributed by atoms with van der Waals surface area (Å²) in [6.45, 7) is 3.54. The van der Waals surface area contributed by atoms with Gasteiger partial charge in [-0.25, -0.2) is 0 Å². The average Bonchev–Trinajstić information content (AvgIpc) is 1.65. The molecule has 1 fully saturated rings. The van der Waals surface area contributed by atoms with E-state index in [0.29, 0.717) is 0 Å². The predicted octanol–water partition coefficient (Wildman–Crippen LogP) is -1.85. The topological polar surface area (TPSA) is 64.1 Å². The minimum atomic E-state index is 0.188. The molecule has 1 heterocycles. The molecule has 0 radical (unpaired) electrons. The molecule has 0 aliphatic carbocycles. The van der Waals surface area contributed by atoms with Crippen molar-refractivity contribution in [1.29, 1.82) is 0 Å². The second-order valence-electron chi connectivity index (χ2n) is 2.30. The number of hydrogen-bond acceptors (Lipinski definition) is 3. The molecule has 0 aromatic rings. The molecule has 0 atom stereocenters. The third kappa shape index (κ3) is 1.41. The highest BCUT2D eigenvalue weighted by Crippen LogP contribution is 1.88. The van der Waals surface area contributed by atoms with E-state index in [1.165, 1.54) is 0 Å². The Bertz CT molecular complexity index is 72.1. The zero-order valence-corrected chi connectivity index (χ0v) is 4.93. The van der Waals surface area contributed by atoms with Gasteiger partial charge in [-0.05, 0) is 0 Å². The number of piperazine rings is 1. The van der Waals surface area contributed by atoms with E-state index >= 15 is 0 Å². The van der Waals surface area contributed by atoms with Crippen molar-refractivity contribution in [2.45, 2.75) is 0 Å². The van der Waals surface area contributed by atoms with Crippen LogP contribution in [0.25, 0.3) is 0 Å². The van der Waals surface area contributed by atoms with Crippen LogP contribution in [0.15, 0.2) is 0 Å². The molecular formula is C4H13N4+. The molecule has 4 nitrogen and oxygen atoms in total. The van der Waals surface area contributed by atoms with Crippen LogP contribution in [-0.2, 0) is 0 Å². The van der Waals surface area contributed by atoms with Crippen LogP contribution in [0.5, 0.6) is 0 Å². The summed E-state index contributed by atoms with van der Waals surface area (Å²) in [7, 11) is 0. The van der Waals surface area contributed by atoms with Crippen molar-refractivity contribution in [2.75, 3.05) is 26.2 Å². The lowest BCUT2D eigenvalue weighted by Gasteiger charge is -2.30. The van der Waals surface area contributed by atoms with Gasteiger partial charge in [-0.2, -0.15) is 16.4 Å². The third-order valence-corrected chi connectivity index (χ3v) is 1.41. The van der Waals surface area contributed by atoms with E-state index in [2.05, 4.69) is 5.32 Å². The summed E-state index contributed by atoms with van der Waals surface area (Å²) in [6, 6.07) is 0. The Morgan fingerprint density at radius 3 is 1.88 bits per heavy atom. The lowest BCUT2D eigenvalue weighted by molar-refractivity contribution is -0.952. The summed E-state index contributed by atoms with van der Waals surface area (Å²) in [5.74, 6) is 11.1. The van der Waals surface area contributed by atoms with Crippen LogP contribution in [0.3, 0.4) is 0 Å². The first-order valence-corrected chi connectivity index (χ1v) is 2.86. The van der Waals surface area contributed by atoms with Gasteiger partial charge in [-0.15, -0.1) is 0 Å². The van der Waals surface area contributed by atoms with E-state index in [-0.39, 0.29) is 4.70 Å². The Kier molecular flexibility index (Phi) is 1.48. The summed E-state index contributed by atoms with van der Waals surface area (Å²) in [4.78, 5) is 0. The normalized spacial score (nSPS) is 27.8. The standard InChI is InChI=1S/C4H13N4/c5-8(6)3-1-7-2-4-8/h7H,1-6H2/q+1. The van der Waals surface area contributed by atoms with Gasteiger partial charge in [0.1, 0.15) is 13.1 Å². The van der Waals surface area contributed by atoms with Crippen LogP contribution < -0.4 is 17.0 Å². The van der Waals surface area contributed by atoms with Crippen molar-refractivity contribution < 1.29 is 4.70 Å². The molecule has 48 valence electrons. The monoisotopic (exact) mass is 117 g/mol. The second-order valence-corrected chi connectivity index (χ2v) is 2.30. The highest BCUT2D eigenvalue weighted by molar-refractivity contribution is 4.50. The molecule has 1 aliphatic rings. The minimum absolute atomic E-state index is 0.188. The Labute approximate surface area is 49.0 Å². The van der Waals surface area contributed by atoms with Gasteiger partial charge in [0.25, 0.3) is 0 Å². The van der Waals surface area contributed by atoms with Gasteiger partial charge < -0.3 is 5.32 Å². The van der Waals surface area contributed by atoms with E-state index < -0.39 is 0 Å². The Hall–Kier alpha value is -0.160. The largest absolute Gasteiger partial charge is 0.306 e. The van der Waals surface area contributed by atoms with Crippen LogP contribution in [0.2, 0.25) is 0 Å². The van der Waals surface area contributed by atoms with E-state index in [1.807, 2.05) is 0 Å². The smallest absolute Gasteiger partial charge is 0.127 e. The number of nitrogens with one attached hydrogen (secondary N) is 1. The summed E-state index contributed by atoms with van der Waals surface area (Å²) in [6.07, 6.45) is 0. The molecule has 5 N–H and O–H groups in total. The molecule has 1 rings (SSSR count). The lowest BCUT2D eigenvalue weighted by Crippen LogP contribution is -2.67. The summed E-state index contributed by atoms with van der Waals surface area (Å²) in [5, 5.41) is 3.16. The number of nitrogens with two attached hydrogens (primary N) is 2. The highest BCUT2D eigenvalue weighted by atomic mass is 15.8. The van der Waals surface area contributed by atoms with E-state index in [9.17, 15) is 0 Å². The molecule has 0 unspecified atom stereocenters. The first-order valence-electron chi connectivity index (χ1n) is 2.86. The van der Waals surface area contributed by atoms with E-state index in [4.69, 9.17) is 11.7 Å². The molecule has 0 spiro atoms. The lowest BCUT2D eigenvalue weighted by atomic mass is 10.4. The third-order valence-electron chi connectivity index (χ3n) is 1.41. The van der Waals surface area contributed by atoms with Crippen LogP contribution in [0.1, 0.15) is 0 Å². The molecule has 4 heteroatoms. The van der Waals surface area contributed by atoms with Gasteiger partial charge in [0.05, 0.1) is 0 Å². The molecule has 0 aromatic carbocycles. The van der Waals surface area contributed by atoms with Gasteiger partial charge in [-0.3, -0.25) is 0 Å². The SMILES string of the molecule is N[N+]1(N)CCNCC1. The summed E-state index contributed by atoms with van der Waals surface area (Å²) < 4.78 is 0.188. The number of hydrogen-bond donors (Lipinski definition) is 3. The van der Waals surface area contributed by atoms with Crippen LogP contribution in [0, 0.1) is 0 Å². The fourth-order valence-corrected chi connectivity index (χ4v) is 0.811. The fourth-order valence-electron chi connectivity index (χ4n) is 0.811. The molecule has 0 aromatic heterocycles. The second kappa shape index (κ2) is 1.99. The number of nitrogens with zero attached hydrogens (tertiary/aromatic N) is 1. The molecule has 0 bridgehead atoms. The first-order chi connectivity index (χ1) is 3.71. The van der Waals surface area contributed by atoms with Crippen molar-refractivity contribution in [1.82, 2.24) is 5.32 Å². The van der Waals surface area contributed by atoms with Crippen LogP contribution in [-0.4, -0.2) is 30.9 Å². The maximum atomic E-state index is 5.55. The first kappa shape index (κ1) is 5.97. The number of rotatable bonds is 0. The molecule has 0 amide bonds. The molecule has 0 saturated carbocycles. The minimum Gasteiger partial charge on any atom is -0.306 e. The average molecular weight is 117 g/mol. The fraction of sp³-hybridized carbons (Fsp3) is 1.00. The van der Waals surface area contributed by atoms with E-state index in [1.54, 1.807) is 0 Å². The van der Waals surface area contributed by atoms with Gasteiger partial charge in [0, 0.05) is 13.1 Å². The Morgan fingerprint density at radius 2 is 1.62 bits per heavy atom. The summed E-state index contributed by atoms with van der Waals surface area (Å²) >= 11 is 0. The van der Waals surface area contributed by atoms with E-state index in [0.717, 1.165) is 26.2 Å². The maximum absolute atomic E-state index is 5.55. The summed E-state index contributed by atoms with van der Waals surface area (Å²) in [5.41, 5.74) is 0. The predicted molar refractivity (Wildman–Crippen MR) is 31.2 cm³/mol. The van der Waals surface area contributed by atoms with Crippen molar-refractivity contribution in [3.05, 3.63) is 0 Å². The van der Waals surface area contributed by atoms with Crippen LogP contribution >= 0.6 is 0 Å². The van der Waals surface area contributed by atoms with Crippen molar-refractivity contribution in [3.63, 3.8) is 0 Å². The highest BCUT2D eigenvalue weighted by Gasteiger charge is 2.20. The van der Waals surface area contributed by atoms with Gasteiger partial charge in [0.2, 0.25) is 0 Å². The Balaban J connectivity index is 2.33. The van der Waals surface area contributed by atoms with Crippen molar-refractivity contribution in [2.24, 2.45) is 11.7 Å². The van der Waals surface area contributed by atoms with Gasteiger partial charge in [0.15, 0.2) is 0 Å². The molecular weight excluding hydrogens is 104 g/mol. The van der Waals surface area contributed by atoms with Gasteiger partial charge in [-0.1, -0.05) is 0 Å².